The van der Waals surface area contributed by atoms with E-state index in [9.17, 15) is 0 Å². The molecule has 154 valence electrons. The van der Waals surface area contributed by atoms with Crippen LogP contribution in [0.1, 0.15) is 0 Å². The van der Waals surface area contributed by atoms with Gasteiger partial charge in [-0.3, -0.25) is 4.57 Å². The summed E-state index contributed by atoms with van der Waals surface area (Å²) >= 11 is 0. The molecule has 4 aromatic heterocycles. The molecule has 4 heteroatoms. The molecule has 0 fully saturated rings. The van der Waals surface area contributed by atoms with E-state index in [1.807, 2.05) is 42.6 Å². The fourth-order valence-electron chi connectivity index (χ4n) is 5.35. The first-order valence-corrected chi connectivity index (χ1v) is 11.0. The first-order chi connectivity index (χ1) is 16.4. The number of fused-ring (bicyclic) bond motifs is 12. The van der Waals surface area contributed by atoms with Crippen LogP contribution in [0.5, 0.6) is 0 Å². The van der Waals surface area contributed by atoms with E-state index in [1.54, 1.807) is 0 Å². The van der Waals surface area contributed by atoms with Crippen LogP contribution in [-0.4, -0.2) is 9.55 Å². The number of hydrogen-bond acceptors (Lipinski definition) is 3. The molecule has 0 aliphatic rings. The van der Waals surface area contributed by atoms with Crippen LogP contribution in [0.4, 0.5) is 0 Å². The van der Waals surface area contributed by atoms with E-state index in [1.165, 1.54) is 5.39 Å². The van der Waals surface area contributed by atoms with Crippen LogP contribution in [0.2, 0.25) is 0 Å². The lowest BCUT2D eigenvalue weighted by Gasteiger charge is -2.07. The maximum Gasteiger partial charge on any atom is 0.180 e. The second-order valence-electron chi connectivity index (χ2n) is 8.37. The van der Waals surface area contributed by atoms with Gasteiger partial charge in [0.25, 0.3) is 0 Å². The van der Waals surface area contributed by atoms with Gasteiger partial charge in [-0.15, -0.1) is 0 Å². The van der Waals surface area contributed by atoms with Crippen LogP contribution >= 0.6 is 0 Å². The standard InChI is InChI=1S/C29H16N2O2/c1-4-12-20-17(9-1)24-25-18-10-2-5-13-21(18)32-28(25)29-26(19-11-3-6-14-22(19)33-29)27(24)31(20)23-15-7-8-16-30-23/h1-16H. The minimum atomic E-state index is 0.773. The highest BCUT2D eigenvalue weighted by Crippen LogP contribution is 2.48. The predicted molar refractivity (Wildman–Crippen MR) is 133 cm³/mol. The van der Waals surface area contributed by atoms with Crippen molar-refractivity contribution in [3.05, 3.63) is 97.2 Å². The number of nitrogens with zero attached hydrogens (tertiary/aromatic N) is 2. The number of benzene rings is 4. The van der Waals surface area contributed by atoms with Crippen LogP contribution in [-0.2, 0) is 0 Å². The molecule has 4 heterocycles. The zero-order chi connectivity index (χ0) is 21.5. The molecule has 33 heavy (non-hydrogen) atoms. The quantitative estimate of drug-likeness (QED) is 0.268. The summed E-state index contributed by atoms with van der Waals surface area (Å²) in [7, 11) is 0. The Morgan fingerprint density at radius 1 is 0.545 bits per heavy atom. The Morgan fingerprint density at radius 2 is 1.15 bits per heavy atom. The molecule has 0 saturated heterocycles. The first-order valence-electron chi connectivity index (χ1n) is 11.0. The average Bonchev–Trinajstić information content (AvgIpc) is 3.54. The summed E-state index contributed by atoms with van der Waals surface area (Å²) in [5.74, 6) is 0.877. The van der Waals surface area contributed by atoms with Gasteiger partial charge < -0.3 is 8.83 Å². The van der Waals surface area contributed by atoms with Gasteiger partial charge in [-0.25, -0.2) is 4.98 Å². The lowest BCUT2D eigenvalue weighted by Crippen LogP contribution is -1.96. The summed E-state index contributed by atoms with van der Waals surface area (Å²) in [6.45, 7) is 0. The van der Waals surface area contributed by atoms with E-state index in [4.69, 9.17) is 13.8 Å². The van der Waals surface area contributed by atoms with Crippen LogP contribution in [0.25, 0.3) is 71.5 Å². The molecule has 0 aliphatic carbocycles. The number of aromatic nitrogens is 2. The number of rotatable bonds is 1. The second-order valence-corrected chi connectivity index (χ2v) is 8.37. The van der Waals surface area contributed by atoms with Crippen molar-refractivity contribution in [3.8, 4) is 5.82 Å². The van der Waals surface area contributed by atoms with Crippen molar-refractivity contribution >= 4 is 65.7 Å². The van der Waals surface area contributed by atoms with Gasteiger partial charge in [-0.05, 0) is 30.3 Å². The number of furan rings is 2. The molecular weight excluding hydrogens is 408 g/mol. The fourth-order valence-corrected chi connectivity index (χ4v) is 5.35. The van der Waals surface area contributed by atoms with Crippen molar-refractivity contribution in [1.29, 1.82) is 0 Å². The van der Waals surface area contributed by atoms with E-state index >= 15 is 0 Å². The highest BCUT2D eigenvalue weighted by atomic mass is 16.4. The minimum Gasteiger partial charge on any atom is -0.452 e. The Kier molecular flexibility index (Phi) is 3.11. The van der Waals surface area contributed by atoms with Gasteiger partial charge in [0.2, 0.25) is 0 Å². The van der Waals surface area contributed by atoms with Gasteiger partial charge in [0, 0.05) is 33.1 Å². The Hall–Kier alpha value is -4.57. The molecule has 0 amide bonds. The topological polar surface area (TPSA) is 44.1 Å². The third-order valence-electron chi connectivity index (χ3n) is 6.64. The zero-order valence-electron chi connectivity index (χ0n) is 17.4. The van der Waals surface area contributed by atoms with Crippen LogP contribution in [0.3, 0.4) is 0 Å². The van der Waals surface area contributed by atoms with Crippen LogP contribution in [0.15, 0.2) is 106 Å². The van der Waals surface area contributed by atoms with Gasteiger partial charge >= 0.3 is 0 Å². The van der Waals surface area contributed by atoms with E-state index in [2.05, 4.69) is 59.2 Å². The fraction of sp³-hybridized carbons (Fsp3) is 0. The molecule has 0 atom stereocenters. The maximum atomic E-state index is 6.46. The third kappa shape index (κ3) is 2.08. The summed E-state index contributed by atoms with van der Waals surface area (Å²) in [6.07, 6.45) is 1.84. The summed E-state index contributed by atoms with van der Waals surface area (Å²) in [6, 6.07) is 31.0. The average molecular weight is 424 g/mol. The number of pyridine rings is 1. The molecular formula is C29H16N2O2. The Labute approximate surface area is 187 Å². The third-order valence-corrected chi connectivity index (χ3v) is 6.64. The molecule has 4 aromatic carbocycles. The molecule has 8 rings (SSSR count). The van der Waals surface area contributed by atoms with E-state index in [0.29, 0.717) is 0 Å². The van der Waals surface area contributed by atoms with Crippen molar-refractivity contribution in [2.24, 2.45) is 0 Å². The molecule has 0 aliphatic heterocycles. The zero-order valence-corrected chi connectivity index (χ0v) is 17.4. The maximum absolute atomic E-state index is 6.46. The monoisotopic (exact) mass is 424 g/mol. The lowest BCUT2D eigenvalue weighted by molar-refractivity contribution is 0.633. The summed E-state index contributed by atoms with van der Waals surface area (Å²) in [4.78, 5) is 4.73. The molecule has 0 unspecified atom stereocenters. The van der Waals surface area contributed by atoms with Crippen molar-refractivity contribution < 1.29 is 8.83 Å². The highest BCUT2D eigenvalue weighted by molar-refractivity contribution is 6.38. The second kappa shape index (κ2) is 6.02. The number of para-hydroxylation sites is 3. The van der Waals surface area contributed by atoms with Gasteiger partial charge in [-0.1, -0.05) is 60.7 Å². The predicted octanol–water partition coefficient (Wildman–Crippen LogP) is 7.98. The molecule has 0 spiro atoms. The molecule has 0 radical (unpaired) electrons. The molecule has 8 aromatic rings. The highest BCUT2D eigenvalue weighted by Gasteiger charge is 2.26. The van der Waals surface area contributed by atoms with Crippen LogP contribution < -0.4 is 0 Å². The van der Waals surface area contributed by atoms with Gasteiger partial charge in [0.1, 0.15) is 17.0 Å². The molecule has 4 nitrogen and oxygen atoms in total. The molecule has 0 N–H and O–H groups in total. The van der Waals surface area contributed by atoms with Crippen LogP contribution in [0, 0.1) is 0 Å². The van der Waals surface area contributed by atoms with Gasteiger partial charge in [-0.2, -0.15) is 0 Å². The smallest absolute Gasteiger partial charge is 0.180 e. The van der Waals surface area contributed by atoms with Crippen molar-refractivity contribution in [3.63, 3.8) is 0 Å². The normalized spacial score (nSPS) is 12.2. The lowest BCUT2D eigenvalue weighted by atomic mass is 10.0. The summed E-state index contributed by atoms with van der Waals surface area (Å²) in [5, 5.41) is 6.62. The minimum absolute atomic E-state index is 0.773. The van der Waals surface area contributed by atoms with E-state index in [-0.39, 0.29) is 0 Å². The largest absolute Gasteiger partial charge is 0.452 e. The van der Waals surface area contributed by atoms with E-state index in [0.717, 1.165) is 66.1 Å². The number of hydrogen-bond donors (Lipinski definition) is 0. The Balaban J connectivity index is 1.81. The van der Waals surface area contributed by atoms with E-state index < -0.39 is 0 Å². The van der Waals surface area contributed by atoms with Crippen molar-refractivity contribution in [2.45, 2.75) is 0 Å². The Morgan fingerprint density at radius 3 is 1.88 bits per heavy atom. The summed E-state index contributed by atoms with van der Waals surface area (Å²) < 4.78 is 15.2. The van der Waals surface area contributed by atoms with Gasteiger partial charge in [0.15, 0.2) is 11.2 Å². The molecule has 0 bridgehead atoms. The SMILES string of the molecule is c1ccc(-n2c3ccccc3c3c4c5ccccc5oc4c4oc5ccccc5c4c32)nc1. The molecule has 0 saturated carbocycles. The van der Waals surface area contributed by atoms with Crippen molar-refractivity contribution in [1.82, 2.24) is 9.55 Å². The van der Waals surface area contributed by atoms with Crippen molar-refractivity contribution in [2.75, 3.05) is 0 Å². The summed E-state index contributed by atoms with van der Waals surface area (Å²) in [5.41, 5.74) is 5.47. The Bertz CT molecular complexity index is 2020. The van der Waals surface area contributed by atoms with Gasteiger partial charge in [0.05, 0.1) is 16.4 Å². The first kappa shape index (κ1) is 17.0.